The van der Waals surface area contributed by atoms with Crippen LogP contribution in [0.3, 0.4) is 0 Å². The molecule has 112 valence electrons. The summed E-state index contributed by atoms with van der Waals surface area (Å²) >= 11 is 0. The number of rotatable bonds is 3. The van der Waals surface area contributed by atoms with E-state index in [1.54, 1.807) is 14.9 Å². The highest BCUT2D eigenvalue weighted by Crippen LogP contribution is 2.41. The number of fused-ring (bicyclic) bond motifs is 1. The maximum Gasteiger partial charge on any atom is 0.260 e. The van der Waals surface area contributed by atoms with Crippen LogP contribution in [0.15, 0.2) is 35.6 Å². The van der Waals surface area contributed by atoms with Crippen LogP contribution in [0.25, 0.3) is 5.65 Å². The molecule has 3 heterocycles. The molecule has 6 heteroatoms. The summed E-state index contributed by atoms with van der Waals surface area (Å²) < 4.78 is 29.2. The third kappa shape index (κ3) is 2.26. The average Bonchev–Trinajstić information content (AvgIpc) is 3.26. The second-order valence-electron chi connectivity index (χ2n) is 6.13. The van der Waals surface area contributed by atoms with Gasteiger partial charge in [-0.05, 0) is 49.7 Å². The minimum atomic E-state index is -3.45. The summed E-state index contributed by atoms with van der Waals surface area (Å²) in [6.45, 7) is 1.30. The Morgan fingerprint density at radius 1 is 1.14 bits per heavy atom. The monoisotopic (exact) mass is 305 g/mol. The molecule has 2 fully saturated rings. The first kappa shape index (κ1) is 13.3. The van der Waals surface area contributed by atoms with Crippen molar-refractivity contribution in [2.24, 2.45) is 11.8 Å². The highest BCUT2D eigenvalue weighted by atomic mass is 32.2. The van der Waals surface area contributed by atoms with Crippen LogP contribution in [0.4, 0.5) is 0 Å². The number of hydrogen-bond donors (Lipinski definition) is 0. The van der Waals surface area contributed by atoms with E-state index in [1.165, 1.54) is 25.5 Å². The van der Waals surface area contributed by atoms with E-state index in [2.05, 4.69) is 4.98 Å². The van der Waals surface area contributed by atoms with Crippen molar-refractivity contribution in [1.82, 2.24) is 13.7 Å². The van der Waals surface area contributed by atoms with Gasteiger partial charge in [0.05, 0.1) is 6.20 Å². The molecule has 1 aliphatic heterocycles. The number of imidazole rings is 1. The second kappa shape index (κ2) is 4.81. The zero-order valence-electron chi connectivity index (χ0n) is 11.9. The van der Waals surface area contributed by atoms with Crippen molar-refractivity contribution in [3.05, 3.63) is 30.6 Å². The summed E-state index contributed by atoms with van der Waals surface area (Å²) in [5, 5.41) is 0.287. The molecule has 0 amide bonds. The van der Waals surface area contributed by atoms with Crippen LogP contribution >= 0.6 is 0 Å². The van der Waals surface area contributed by atoms with Crippen LogP contribution in [-0.2, 0) is 10.0 Å². The van der Waals surface area contributed by atoms with Crippen molar-refractivity contribution in [3.63, 3.8) is 0 Å². The van der Waals surface area contributed by atoms with Gasteiger partial charge in [0.1, 0.15) is 5.65 Å². The SMILES string of the molecule is O=S(=O)(c1cnc2ccccn12)N1CCCC(C2CC2)C1. The van der Waals surface area contributed by atoms with Gasteiger partial charge < -0.3 is 0 Å². The van der Waals surface area contributed by atoms with Crippen molar-refractivity contribution in [3.8, 4) is 0 Å². The fourth-order valence-corrected chi connectivity index (χ4v) is 4.99. The first-order chi connectivity index (χ1) is 10.2. The Morgan fingerprint density at radius 2 is 2.00 bits per heavy atom. The highest BCUT2D eigenvalue weighted by Gasteiger charge is 2.38. The summed E-state index contributed by atoms with van der Waals surface area (Å²) in [5.41, 5.74) is 0.673. The fraction of sp³-hybridized carbons (Fsp3) is 0.533. The van der Waals surface area contributed by atoms with Crippen LogP contribution in [-0.4, -0.2) is 35.2 Å². The van der Waals surface area contributed by atoms with E-state index in [0.29, 0.717) is 24.7 Å². The van der Waals surface area contributed by atoms with Gasteiger partial charge in [0, 0.05) is 19.3 Å². The molecule has 1 saturated carbocycles. The summed E-state index contributed by atoms with van der Waals surface area (Å²) in [7, 11) is -3.45. The Bertz CT molecular complexity index is 764. The normalized spacial score (nSPS) is 24.5. The number of piperidine rings is 1. The lowest BCUT2D eigenvalue weighted by molar-refractivity contribution is 0.244. The maximum atomic E-state index is 12.9. The van der Waals surface area contributed by atoms with Crippen molar-refractivity contribution >= 4 is 15.7 Å². The third-order valence-electron chi connectivity index (χ3n) is 4.70. The van der Waals surface area contributed by atoms with Gasteiger partial charge in [-0.25, -0.2) is 13.4 Å². The standard InChI is InChI=1S/C15H19N3O2S/c19-21(20,15-10-16-14-5-1-2-9-18(14)15)17-8-3-4-13(11-17)12-6-7-12/h1-2,5,9-10,12-13H,3-4,6-8,11H2. The molecule has 4 rings (SSSR count). The molecule has 21 heavy (non-hydrogen) atoms. The topological polar surface area (TPSA) is 54.7 Å². The molecule has 1 saturated heterocycles. The lowest BCUT2D eigenvalue weighted by atomic mass is 9.95. The van der Waals surface area contributed by atoms with Gasteiger partial charge in [-0.3, -0.25) is 4.40 Å². The zero-order valence-corrected chi connectivity index (χ0v) is 12.7. The molecule has 1 unspecified atom stereocenters. The molecule has 0 radical (unpaired) electrons. The first-order valence-corrected chi connectivity index (χ1v) is 9.02. The number of sulfonamides is 1. The summed E-state index contributed by atoms with van der Waals surface area (Å²) in [5.74, 6) is 1.30. The Balaban J connectivity index is 1.69. The average molecular weight is 305 g/mol. The van der Waals surface area contributed by atoms with Crippen LogP contribution < -0.4 is 0 Å². The van der Waals surface area contributed by atoms with E-state index in [9.17, 15) is 8.42 Å². The molecule has 2 aliphatic rings. The van der Waals surface area contributed by atoms with E-state index in [0.717, 1.165) is 12.3 Å². The van der Waals surface area contributed by atoms with E-state index in [1.807, 2.05) is 18.2 Å². The van der Waals surface area contributed by atoms with Gasteiger partial charge in [0.25, 0.3) is 10.0 Å². The summed E-state index contributed by atoms with van der Waals surface area (Å²) in [4.78, 5) is 4.20. The molecule has 0 bridgehead atoms. The van der Waals surface area contributed by atoms with E-state index in [-0.39, 0.29) is 5.03 Å². The molecule has 5 nitrogen and oxygen atoms in total. The molecule has 1 aliphatic carbocycles. The molecule has 0 aromatic carbocycles. The van der Waals surface area contributed by atoms with E-state index < -0.39 is 10.0 Å². The smallest absolute Gasteiger partial charge is 0.260 e. The van der Waals surface area contributed by atoms with Gasteiger partial charge in [-0.1, -0.05) is 6.07 Å². The first-order valence-electron chi connectivity index (χ1n) is 7.58. The summed E-state index contributed by atoms with van der Waals surface area (Å²) in [6, 6.07) is 5.52. The minimum absolute atomic E-state index is 0.287. The van der Waals surface area contributed by atoms with E-state index >= 15 is 0 Å². The van der Waals surface area contributed by atoms with Crippen LogP contribution in [0.5, 0.6) is 0 Å². The number of pyridine rings is 1. The van der Waals surface area contributed by atoms with Gasteiger partial charge in [-0.2, -0.15) is 4.31 Å². The van der Waals surface area contributed by atoms with Crippen molar-refractivity contribution in [2.75, 3.05) is 13.1 Å². The molecule has 0 spiro atoms. The van der Waals surface area contributed by atoms with Crippen molar-refractivity contribution in [1.29, 1.82) is 0 Å². The van der Waals surface area contributed by atoms with Crippen molar-refractivity contribution < 1.29 is 8.42 Å². The van der Waals surface area contributed by atoms with Crippen LogP contribution in [0.2, 0.25) is 0 Å². The Morgan fingerprint density at radius 3 is 2.81 bits per heavy atom. The molecule has 2 aromatic heterocycles. The number of aromatic nitrogens is 2. The van der Waals surface area contributed by atoms with Crippen molar-refractivity contribution in [2.45, 2.75) is 30.7 Å². The minimum Gasteiger partial charge on any atom is -0.289 e. The van der Waals surface area contributed by atoms with E-state index in [4.69, 9.17) is 0 Å². The third-order valence-corrected chi connectivity index (χ3v) is 6.54. The van der Waals surface area contributed by atoms with Crippen LogP contribution in [0, 0.1) is 11.8 Å². The predicted molar refractivity (Wildman–Crippen MR) is 79.4 cm³/mol. The Kier molecular flexibility index (Phi) is 3.04. The maximum absolute atomic E-state index is 12.9. The largest absolute Gasteiger partial charge is 0.289 e. The van der Waals surface area contributed by atoms with Crippen LogP contribution in [0.1, 0.15) is 25.7 Å². The molecule has 0 N–H and O–H groups in total. The zero-order chi connectivity index (χ0) is 14.4. The molecule has 1 atom stereocenters. The molecule has 2 aromatic rings. The molecular weight excluding hydrogens is 286 g/mol. The fourth-order valence-electron chi connectivity index (χ4n) is 3.38. The highest BCUT2D eigenvalue weighted by molar-refractivity contribution is 7.89. The quantitative estimate of drug-likeness (QED) is 0.873. The van der Waals surface area contributed by atoms with Gasteiger partial charge in [-0.15, -0.1) is 0 Å². The Hall–Kier alpha value is -1.40. The summed E-state index contributed by atoms with van der Waals surface area (Å²) in [6.07, 6.45) is 7.92. The van der Waals surface area contributed by atoms with Gasteiger partial charge >= 0.3 is 0 Å². The predicted octanol–water partition coefficient (Wildman–Crippen LogP) is 2.15. The Labute approximate surface area is 124 Å². The second-order valence-corrected chi connectivity index (χ2v) is 8.01. The van der Waals surface area contributed by atoms with Gasteiger partial charge in [0.2, 0.25) is 0 Å². The van der Waals surface area contributed by atoms with Gasteiger partial charge in [0.15, 0.2) is 5.03 Å². The lowest BCUT2D eigenvalue weighted by Gasteiger charge is -2.31. The number of nitrogens with zero attached hydrogens (tertiary/aromatic N) is 3. The lowest BCUT2D eigenvalue weighted by Crippen LogP contribution is -2.40. The number of hydrogen-bond acceptors (Lipinski definition) is 3. The molecular formula is C15H19N3O2S.